The Morgan fingerprint density at radius 3 is 2.76 bits per heavy atom. The highest BCUT2D eigenvalue weighted by Gasteiger charge is 2.47. The molecule has 2 aliphatic rings. The van der Waals surface area contributed by atoms with E-state index < -0.39 is 5.92 Å². The molecular weight excluding hydrogens is 428 g/mol. The van der Waals surface area contributed by atoms with Gasteiger partial charge in [0.1, 0.15) is 5.82 Å². The molecule has 6 rings (SSSR count). The highest BCUT2D eigenvalue weighted by Crippen LogP contribution is 2.47. The van der Waals surface area contributed by atoms with Gasteiger partial charge in [0, 0.05) is 55.1 Å². The normalized spacial score (nSPS) is 22.4. The average molecular weight is 453 g/mol. The van der Waals surface area contributed by atoms with E-state index in [0.29, 0.717) is 29.6 Å². The summed E-state index contributed by atoms with van der Waals surface area (Å²) in [6, 6.07) is 4.01. The SMILES string of the molecule is CCO[C@H]1C[C@H](Nc2ncc3c(-c4cnc5nc(C)n(C6CC(F)(F)C6)c5c4)ccn3n2)C1. The zero-order valence-electron chi connectivity index (χ0n) is 18.5. The molecule has 4 aromatic heterocycles. The summed E-state index contributed by atoms with van der Waals surface area (Å²) in [5.41, 5.74) is 4.00. The summed E-state index contributed by atoms with van der Waals surface area (Å²) in [6.07, 6.45) is 7.36. The summed E-state index contributed by atoms with van der Waals surface area (Å²) in [4.78, 5) is 13.5. The van der Waals surface area contributed by atoms with E-state index in [-0.39, 0.29) is 18.9 Å². The third-order valence-electron chi connectivity index (χ3n) is 6.71. The van der Waals surface area contributed by atoms with Crippen molar-refractivity contribution < 1.29 is 13.5 Å². The molecule has 33 heavy (non-hydrogen) atoms. The molecule has 4 heterocycles. The van der Waals surface area contributed by atoms with Crippen molar-refractivity contribution in [3.05, 3.63) is 36.5 Å². The molecule has 0 bridgehead atoms. The first-order valence-corrected chi connectivity index (χ1v) is 11.4. The lowest BCUT2D eigenvalue weighted by Gasteiger charge is -2.36. The van der Waals surface area contributed by atoms with Crippen LogP contribution in [0.5, 0.6) is 0 Å². The number of imidazole rings is 1. The number of hydrogen-bond donors (Lipinski definition) is 1. The van der Waals surface area contributed by atoms with Gasteiger partial charge in [-0.1, -0.05) is 0 Å². The Labute approximate surface area is 189 Å². The van der Waals surface area contributed by atoms with Crippen LogP contribution in [-0.4, -0.2) is 53.8 Å². The molecule has 4 aromatic rings. The van der Waals surface area contributed by atoms with Crippen LogP contribution in [0, 0.1) is 6.92 Å². The number of ether oxygens (including phenoxy) is 1. The van der Waals surface area contributed by atoms with Gasteiger partial charge in [-0.15, -0.1) is 5.10 Å². The summed E-state index contributed by atoms with van der Waals surface area (Å²) < 4.78 is 36.3. The molecule has 0 unspecified atom stereocenters. The van der Waals surface area contributed by atoms with Crippen LogP contribution >= 0.6 is 0 Å². The Hall–Kier alpha value is -3.14. The minimum atomic E-state index is -2.59. The molecule has 0 spiro atoms. The van der Waals surface area contributed by atoms with Crippen molar-refractivity contribution in [3.63, 3.8) is 0 Å². The highest BCUT2D eigenvalue weighted by molar-refractivity contribution is 5.85. The molecule has 2 fully saturated rings. The van der Waals surface area contributed by atoms with Gasteiger partial charge in [-0.05, 0) is 38.8 Å². The summed E-state index contributed by atoms with van der Waals surface area (Å²) in [5.74, 6) is -1.31. The zero-order chi connectivity index (χ0) is 22.7. The van der Waals surface area contributed by atoms with Crippen molar-refractivity contribution in [2.75, 3.05) is 11.9 Å². The fraction of sp³-hybridized carbons (Fsp3) is 0.478. The number of anilines is 1. The molecule has 1 N–H and O–H groups in total. The topological polar surface area (TPSA) is 82.2 Å². The van der Waals surface area contributed by atoms with E-state index in [1.165, 1.54) is 0 Å². The molecule has 172 valence electrons. The van der Waals surface area contributed by atoms with Gasteiger partial charge < -0.3 is 14.6 Å². The first-order valence-electron chi connectivity index (χ1n) is 11.4. The third-order valence-corrected chi connectivity index (χ3v) is 6.71. The van der Waals surface area contributed by atoms with Crippen LogP contribution in [0.1, 0.15) is 44.5 Å². The second-order valence-electron chi connectivity index (χ2n) is 9.04. The number of nitrogens with zero attached hydrogens (tertiary/aromatic N) is 6. The number of halogens is 2. The number of nitrogens with one attached hydrogen (secondary N) is 1. The quantitative estimate of drug-likeness (QED) is 0.466. The third kappa shape index (κ3) is 3.52. The molecule has 8 nitrogen and oxygen atoms in total. The number of hydrogen-bond acceptors (Lipinski definition) is 6. The van der Waals surface area contributed by atoms with E-state index in [2.05, 4.69) is 25.4 Å². The van der Waals surface area contributed by atoms with Crippen LogP contribution in [0.3, 0.4) is 0 Å². The summed E-state index contributed by atoms with van der Waals surface area (Å²) in [7, 11) is 0. The predicted molar refractivity (Wildman–Crippen MR) is 120 cm³/mol. The molecule has 0 amide bonds. The van der Waals surface area contributed by atoms with Crippen molar-refractivity contribution in [1.29, 1.82) is 0 Å². The van der Waals surface area contributed by atoms with Crippen molar-refractivity contribution in [2.24, 2.45) is 0 Å². The Morgan fingerprint density at radius 2 is 2.00 bits per heavy atom. The van der Waals surface area contributed by atoms with E-state index in [9.17, 15) is 8.78 Å². The van der Waals surface area contributed by atoms with Crippen molar-refractivity contribution >= 4 is 22.6 Å². The molecule has 0 atom stereocenters. The van der Waals surface area contributed by atoms with Crippen LogP contribution in [0.4, 0.5) is 14.7 Å². The number of fused-ring (bicyclic) bond motifs is 2. The van der Waals surface area contributed by atoms with Gasteiger partial charge in [0.25, 0.3) is 5.92 Å². The number of aromatic nitrogens is 6. The van der Waals surface area contributed by atoms with Gasteiger partial charge in [-0.2, -0.15) is 0 Å². The van der Waals surface area contributed by atoms with Gasteiger partial charge in [0.2, 0.25) is 5.95 Å². The van der Waals surface area contributed by atoms with E-state index in [1.54, 1.807) is 16.9 Å². The molecule has 2 saturated carbocycles. The maximum absolute atomic E-state index is 13.5. The van der Waals surface area contributed by atoms with Crippen LogP contribution in [0.2, 0.25) is 0 Å². The van der Waals surface area contributed by atoms with Gasteiger partial charge in [0.05, 0.1) is 23.3 Å². The fourth-order valence-corrected chi connectivity index (χ4v) is 4.96. The van der Waals surface area contributed by atoms with Gasteiger partial charge in [0.15, 0.2) is 5.65 Å². The minimum absolute atomic E-state index is 0.158. The maximum atomic E-state index is 13.5. The van der Waals surface area contributed by atoms with E-state index in [4.69, 9.17) is 4.74 Å². The van der Waals surface area contributed by atoms with E-state index >= 15 is 0 Å². The maximum Gasteiger partial charge on any atom is 0.252 e. The summed E-state index contributed by atoms with van der Waals surface area (Å²) in [5, 5.41) is 7.96. The number of aryl methyl sites for hydroxylation is 1. The molecule has 0 aliphatic heterocycles. The minimum Gasteiger partial charge on any atom is -0.378 e. The standard InChI is InChI=1S/C23H25F2N7O/c1-3-33-17-7-15(8-17)29-22-27-12-20-18(4-5-31(20)30-22)14-6-19-21(26-11-14)28-13(2)32(19)16-9-23(24,25)10-16/h4-6,11-12,15-17H,3,7-10H2,1-2H3,(H,29,30)/t15-,17-. The number of alkyl halides is 2. The second kappa shape index (κ2) is 7.44. The average Bonchev–Trinajstić information content (AvgIpc) is 3.29. The zero-order valence-corrected chi connectivity index (χ0v) is 18.5. The molecule has 0 saturated heterocycles. The van der Waals surface area contributed by atoms with Crippen molar-refractivity contribution in [2.45, 2.75) is 63.6 Å². The molecule has 0 aromatic carbocycles. The van der Waals surface area contributed by atoms with Gasteiger partial charge in [-0.3, -0.25) is 0 Å². The summed E-state index contributed by atoms with van der Waals surface area (Å²) in [6.45, 7) is 4.59. The molecular formula is C23H25F2N7O. The van der Waals surface area contributed by atoms with Crippen LogP contribution in [0.25, 0.3) is 27.8 Å². The summed E-state index contributed by atoms with van der Waals surface area (Å²) >= 11 is 0. The van der Waals surface area contributed by atoms with Crippen molar-refractivity contribution in [1.82, 2.24) is 29.1 Å². The van der Waals surface area contributed by atoms with Crippen LogP contribution in [-0.2, 0) is 4.74 Å². The highest BCUT2D eigenvalue weighted by atomic mass is 19.3. The van der Waals surface area contributed by atoms with E-state index in [1.807, 2.05) is 36.7 Å². The predicted octanol–water partition coefficient (Wildman–Crippen LogP) is 4.40. The van der Waals surface area contributed by atoms with E-state index in [0.717, 1.165) is 41.6 Å². The second-order valence-corrected chi connectivity index (χ2v) is 9.04. The largest absolute Gasteiger partial charge is 0.378 e. The first kappa shape index (κ1) is 20.5. The molecule has 2 aliphatic carbocycles. The number of rotatable bonds is 6. The molecule has 0 radical (unpaired) electrons. The Morgan fingerprint density at radius 1 is 1.18 bits per heavy atom. The number of pyridine rings is 1. The lowest BCUT2D eigenvalue weighted by atomic mass is 9.87. The molecule has 10 heteroatoms. The van der Waals surface area contributed by atoms with Gasteiger partial charge >= 0.3 is 0 Å². The van der Waals surface area contributed by atoms with Crippen LogP contribution in [0.15, 0.2) is 30.7 Å². The Bertz CT molecular complexity index is 1330. The van der Waals surface area contributed by atoms with Crippen LogP contribution < -0.4 is 5.32 Å². The lowest BCUT2D eigenvalue weighted by Crippen LogP contribution is -2.41. The van der Waals surface area contributed by atoms with Crippen molar-refractivity contribution in [3.8, 4) is 11.1 Å². The monoisotopic (exact) mass is 453 g/mol. The van der Waals surface area contributed by atoms with Gasteiger partial charge in [-0.25, -0.2) is 28.2 Å². The Kier molecular flexibility index (Phi) is 4.62. The Balaban J connectivity index is 1.28. The fourth-order valence-electron chi connectivity index (χ4n) is 4.96. The lowest BCUT2D eigenvalue weighted by molar-refractivity contribution is -0.103. The first-order chi connectivity index (χ1) is 15.9. The smallest absolute Gasteiger partial charge is 0.252 e.